The molecule has 0 aromatic heterocycles. The molecule has 0 saturated carbocycles. The standard InChI is InChI=1S/C19H20N2O5S/c1-13-6-8-15(9-7-13)27-11-10-20-17(22)12-26-19(23)16-5-3-4-14(2)18(16)21(24)25/h3-9H,10-12H2,1-2H3,(H,20,22). The minimum absolute atomic E-state index is 0.164. The van der Waals surface area contributed by atoms with Crippen LogP contribution in [0, 0.1) is 24.0 Å². The average Bonchev–Trinajstić information content (AvgIpc) is 2.64. The fourth-order valence-corrected chi connectivity index (χ4v) is 3.09. The SMILES string of the molecule is Cc1ccc(SCCNC(=O)COC(=O)c2cccc(C)c2[N+](=O)[O-])cc1. The van der Waals surface area contributed by atoms with Gasteiger partial charge in [-0.15, -0.1) is 11.8 Å². The smallest absolute Gasteiger partial charge is 0.345 e. The van der Waals surface area contributed by atoms with Crippen LogP contribution in [-0.4, -0.2) is 35.7 Å². The highest BCUT2D eigenvalue weighted by molar-refractivity contribution is 7.99. The molecular formula is C19H20N2O5S. The second kappa shape index (κ2) is 9.72. The summed E-state index contributed by atoms with van der Waals surface area (Å²) in [4.78, 5) is 35.4. The van der Waals surface area contributed by atoms with Crippen molar-refractivity contribution in [3.63, 3.8) is 0 Å². The fourth-order valence-electron chi connectivity index (χ4n) is 2.32. The summed E-state index contributed by atoms with van der Waals surface area (Å²) in [6.45, 7) is 3.48. The lowest BCUT2D eigenvalue weighted by atomic mass is 10.1. The zero-order valence-corrected chi connectivity index (χ0v) is 15.9. The number of nitrogens with zero attached hydrogens (tertiary/aromatic N) is 1. The number of ether oxygens (including phenoxy) is 1. The van der Waals surface area contributed by atoms with E-state index < -0.39 is 23.4 Å². The van der Waals surface area contributed by atoms with Gasteiger partial charge in [-0.25, -0.2) is 4.79 Å². The molecule has 0 aliphatic carbocycles. The van der Waals surface area contributed by atoms with Gasteiger partial charge in [0, 0.05) is 22.8 Å². The van der Waals surface area contributed by atoms with Crippen molar-refractivity contribution in [1.82, 2.24) is 5.32 Å². The van der Waals surface area contributed by atoms with E-state index >= 15 is 0 Å². The lowest BCUT2D eigenvalue weighted by molar-refractivity contribution is -0.385. The zero-order chi connectivity index (χ0) is 19.8. The molecule has 27 heavy (non-hydrogen) atoms. The Bertz CT molecular complexity index is 836. The van der Waals surface area contributed by atoms with Crippen LogP contribution in [0.1, 0.15) is 21.5 Å². The Labute approximate surface area is 161 Å². The zero-order valence-electron chi connectivity index (χ0n) is 15.1. The second-order valence-corrected chi connectivity index (χ2v) is 6.98. The molecule has 7 nitrogen and oxygen atoms in total. The van der Waals surface area contributed by atoms with Crippen molar-refractivity contribution in [2.45, 2.75) is 18.7 Å². The monoisotopic (exact) mass is 388 g/mol. The first-order valence-electron chi connectivity index (χ1n) is 8.26. The first kappa shape index (κ1) is 20.4. The van der Waals surface area contributed by atoms with E-state index in [1.807, 2.05) is 31.2 Å². The number of hydrogen-bond acceptors (Lipinski definition) is 6. The van der Waals surface area contributed by atoms with Gasteiger partial charge in [0.25, 0.3) is 11.6 Å². The van der Waals surface area contributed by atoms with Gasteiger partial charge < -0.3 is 10.1 Å². The Morgan fingerprint density at radius 2 is 1.85 bits per heavy atom. The molecule has 0 saturated heterocycles. The summed E-state index contributed by atoms with van der Waals surface area (Å²) in [5.41, 5.74) is 1.07. The Balaban J connectivity index is 1.77. The number of carbonyl (C=O) groups excluding carboxylic acids is 2. The van der Waals surface area contributed by atoms with Gasteiger partial charge in [-0.3, -0.25) is 14.9 Å². The van der Waals surface area contributed by atoms with E-state index in [9.17, 15) is 19.7 Å². The molecular weight excluding hydrogens is 368 g/mol. The van der Waals surface area contributed by atoms with Crippen LogP contribution in [0.3, 0.4) is 0 Å². The van der Waals surface area contributed by atoms with Crippen LogP contribution in [0.5, 0.6) is 0 Å². The lowest BCUT2D eigenvalue weighted by Gasteiger charge is -2.08. The third-order valence-electron chi connectivity index (χ3n) is 3.69. The van der Waals surface area contributed by atoms with E-state index in [1.54, 1.807) is 11.8 Å². The van der Waals surface area contributed by atoms with Crippen LogP contribution in [0.15, 0.2) is 47.4 Å². The third kappa shape index (κ3) is 6.10. The van der Waals surface area contributed by atoms with Crippen molar-refractivity contribution in [3.05, 3.63) is 69.3 Å². The largest absolute Gasteiger partial charge is 0.452 e. The van der Waals surface area contributed by atoms with E-state index in [0.717, 1.165) is 4.90 Å². The molecule has 2 aromatic rings. The van der Waals surface area contributed by atoms with Crippen molar-refractivity contribution in [3.8, 4) is 0 Å². The van der Waals surface area contributed by atoms with E-state index in [1.165, 1.54) is 30.7 Å². The van der Waals surface area contributed by atoms with Gasteiger partial charge in [-0.1, -0.05) is 29.8 Å². The van der Waals surface area contributed by atoms with Crippen LogP contribution in [0.4, 0.5) is 5.69 Å². The van der Waals surface area contributed by atoms with Gasteiger partial charge in [0.2, 0.25) is 0 Å². The molecule has 1 N–H and O–H groups in total. The van der Waals surface area contributed by atoms with Gasteiger partial charge in [0.1, 0.15) is 5.56 Å². The molecule has 0 unspecified atom stereocenters. The van der Waals surface area contributed by atoms with Gasteiger partial charge in [-0.05, 0) is 32.0 Å². The van der Waals surface area contributed by atoms with Crippen LogP contribution in [-0.2, 0) is 9.53 Å². The number of para-hydroxylation sites is 1. The first-order chi connectivity index (χ1) is 12.9. The Hall–Kier alpha value is -2.87. The molecule has 1 amide bonds. The average molecular weight is 388 g/mol. The second-order valence-electron chi connectivity index (χ2n) is 5.82. The van der Waals surface area contributed by atoms with Crippen molar-refractivity contribution >= 4 is 29.3 Å². The van der Waals surface area contributed by atoms with Crippen LogP contribution in [0.25, 0.3) is 0 Å². The maximum Gasteiger partial charge on any atom is 0.345 e. The molecule has 0 heterocycles. The number of nitro groups is 1. The maximum atomic E-state index is 12.1. The number of amides is 1. The van der Waals surface area contributed by atoms with Crippen molar-refractivity contribution in [2.75, 3.05) is 18.9 Å². The Morgan fingerprint density at radius 3 is 2.52 bits per heavy atom. The van der Waals surface area contributed by atoms with Crippen LogP contribution in [0.2, 0.25) is 0 Å². The number of benzene rings is 2. The Kier molecular flexibility index (Phi) is 7.36. The van der Waals surface area contributed by atoms with Crippen LogP contribution >= 0.6 is 11.8 Å². The number of esters is 1. The molecule has 0 atom stereocenters. The summed E-state index contributed by atoms with van der Waals surface area (Å²) < 4.78 is 4.90. The van der Waals surface area contributed by atoms with Gasteiger partial charge in [0.15, 0.2) is 6.61 Å². The van der Waals surface area contributed by atoms with Crippen molar-refractivity contribution < 1.29 is 19.2 Å². The quantitative estimate of drug-likeness (QED) is 0.245. The molecule has 0 aliphatic heterocycles. The summed E-state index contributed by atoms with van der Waals surface area (Å²) in [6.07, 6.45) is 0. The first-order valence-corrected chi connectivity index (χ1v) is 9.24. The number of hydrogen-bond donors (Lipinski definition) is 1. The number of rotatable bonds is 8. The van der Waals surface area contributed by atoms with Crippen molar-refractivity contribution in [2.24, 2.45) is 0 Å². The summed E-state index contributed by atoms with van der Waals surface area (Å²) in [7, 11) is 0. The number of nitrogens with one attached hydrogen (secondary N) is 1. The van der Waals surface area contributed by atoms with Crippen LogP contribution < -0.4 is 5.32 Å². The van der Waals surface area contributed by atoms with E-state index in [0.29, 0.717) is 17.9 Å². The molecule has 0 spiro atoms. The summed E-state index contributed by atoms with van der Waals surface area (Å²) >= 11 is 1.60. The fraction of sp³-hybridized carbons (Fsp3) is 0.263. The topological polar surface area (TPSA) is 98.5 Å². The summed E-state index contributed by atoms with van der Waals surface area (Å²) in [5, 5.41) is 13.8. The minimum Gasteiger partial charge on any atom is -0.452 e. The number of aryl methyl sites for hydroxylation is 2. The highest BCUT2D eigenvalue weighted by Gasteiger charge is 2.24. The highest BCUT2D eigenvalue weighted by atomic mass is 32.2. The number of nitro benzene ring substituents is 1. The number of thioether (sulfide) groups is 1. The molecule has 2 rings (SSSR count). The van der Waals surface area contributed by atoms with Gasteiger partial charge in [-0.2, -0.15) is 0 Å². The molecule has 2 aromatic carbocycles. The minimum atomic E-state index is -0.894. The van der Waals surface area contributed by atoms with E-state index in [-0.39, 0.29) is 11.3 Å². The lowest BCUT2D eigenvalue weighted by Crippen LogP contribution is -2.30. The predicted octanol–water partition coefficient (Wildman–Crippen LogP) is 3.28. The highest BCUT2D eigenvalue weighted by Crippen LogP contribution is 2.23. The molecule has 0 bridgehead atoms. The molecule has 0 fully saturated rings. The normalized spacial score (nSPS) is 10.3. The maximum absolute atomic E-state index is 12.1. The molecule has 8 heteroatoms. The van der Waals surface area contributed by atoms with E-state index in [2.05, 4.69) is 5.32 Å². The van der Waals surface area contributed by atoms with E-state index in [4.69, 9.17) is 4.74 Å². The predicted molar refractivity (Wildman–Crippen MR) is 103 cm³/mol. The van der Waals surface area contributed by atoms with Crippen molar-refractivity contribution in [1.29, 1.82) is 0 Å². The van der Waals surface area contributed by atoms with Gasteiger partial charge in [0.05, 0.1) is 4.92 Å². The van der Waals surface area contributed by atoms with Gasteiger partial charge >= 0.3 is 5.97 Å². The molecule has 0 radical (unpaired) electrons. The third-order valence-corrected chi connectivity index (χ3v) is 4.70. The molecule has 142 valence electrons. The Morgan fingerprint density at radius 1 is 1.15 bits per heavy atom. The molecule has 0 aliphatic rings. The summed E-state index contributed by atoms with van der Waals surface area (Å²) in [6, 6.07) is 12.4. The summed E-state index contributed by atoms with van der Waals surface area (Å²) in [5.74, 6) is -0.677. The number of carbonyl (C=O) groups is 2.